The van der Waals surface area contributed by atoms with Crippen LogP contribution >= 0.6 is 0 Å². The van der Waals surface area contributed by atoms with E-state index < -0.39 is 17.8 Å². The van der Waals surface area contributed by atoms with Gasteiger partial charge in [-0.25, -0.2) is 9.69 Å². The second-order valence-corrected chi connectivity index (χ2v) is 6.82. The molecule has 29 heavy (non-hydrogen) atoms. The topological polar surface area (TPSA) is 79.1 Å². The van der Waals surface area contributed by atoms with E-state index in [2.05, 4.69) is 0 Å². The maximum absolute atomic E-state index is 12.9. The van der Waals surface area contributed by atoms with Crippen LogP contribution in [-0.2, 0) is 0 Å². The number of amides is 2. The van der Waals surface area contributed by atoms with E-state index in [4.69, 9.17) is 5.11 Å². The third-order valence-electron chi connectivity index (χ3n) is 5.08. The van der Waals surface area contributed by atoms with Gasteiger partial charge >= 0.3 is 5.97 Å². The normalized spacial score (nSPS) is 13.2. The summed E-state index contributed by atoms with van der Waals surface area (Å²) >= 11 is 0. The van der Waals surface area contributed by atoms with Gasteiger partial charge in [0.25, 0.3) is 11.8 Å². The molecule has 6 heteroatoms. The number of carboxylic acids is 1. The van der Waals surface area contributed by atoms with Crippen LogP contribution < -0.4 is 4.90 Å². The van der Waals surface area contributed by atoms with Crippen LogP contribution in [0.1, 0.15) is 31.1 Å². The van der Waals surface area contributed by atoms with Crippen molar-refractivity contribution in [2.45, 2.75) is 0 Å². The van der Waals surface area contributed by atoms with Crippen molar-refractivity contribution in [3.63, 3.8) is 0 Å². The number of carbonyl (C=O) groups excluding carboxylic acids is 2. The molecule has 3 heterocycles. The largest absolute Gasteiger partial charge is 0.478 e. The number of aromatic carboxylic acids is 1. The van der Waals surface area contributed by atoms with Crippen LogP contribution in [0, 0.1) is 0 Å². The highest BCUT2D eigenvalue weighted by atomic mass is 16.4. The summed E-state index contributed by atoms with van der Waals surface area (Å²) in [5.41, 5.74) is 3.60. The molecule has 5 rings (SSSR count). The van der Waals surface area contributed by atoms with Crippen molar-refractivity contribution >= 4 is 29.0 Å². The van der Waals surface area contributed by atoms with E-state index >= 15 is 0 Å². The Morgan fingerprint density at radius 3 is 2.41 bits per heavy atom. The van der Waals surface area contributed by atoms with Gasteiger partial charge in [0.1, 0.15) is 0 Å². The summed E-state index contributed by atoms with van der Waals surface area (Å²) in [4.78, 5) is 38.0. The molecule has 0 radical (unpaired) electrons. The van der Waals surface area contributed by atoms with Crippen molar-refractivity contribution in [3.8, 4) is 11.1 Å². The highest BCUT2D eigenvalue weighted by Crippen LogP contribution is 2.32. The Kier molecular flexibility index (Phi) is 3.61. The minimum absolute atomic E-state index is 0.0269. The SMILES string of the molecule is O=C(O)c1ccc2c(c1)C(=O)N(c1cccc(-c3cc4ccccn4c3)c1)C2=O. The number of rotatable bonds is 3. The van der Waals surface area contributed by atoms with Crippen molar-refractivity contribution in [1.82, 2.24) is 4.40 Å². The average molecular weight is 382 g/mol. The minimum atomic E-state index is -1.14. The van der Waals surface area contributed by atoms with Gasteiger partial charge in [0.05, 0.1) is 22.4 Å². The first-order valence-corrected chi connectivity index (χ1v) is 8.96. The van der Waals surface area contributed by atoms with E-state index in [0.717, 1.165) is 21.5 Å². The first-order valence-electron chi connectivity index (χ1n) is 8.96. The number of carboxylic acid groups (broad SMARTS) is 1. The predicted molar refractivity (Wildman–Crippen MR) is 107 cm³/mol. The fourth-order valence-corrected chi connectivity index (χ4v) is 3.65. The fourth-order valence-electron chi connectivity index (χ4n) is 3.65. The van der Waals surface area contributed by atoms with Crippen molar-refractivity contribution in [2.24, 2.45) is 0 Å². The first-order chi connectivity index (χ1) is 14.0. The van der Waals surface area contributed by atoms with Gasteiger partial charge in [-0.3, -0.25) is 9.59 Å². The molecule has 0 saturated carbocycles. The number of hydrogen-bond acceptors (Lipinski definition) is 3. The molecular weight excluding hydrogens is 368 g/mol. The average Bonchev–Trinajstić information content (AvgIpc) is 3.27. The number of pyridine rings is 1. The molecule has 6 nitrogen and oxygen atoms in total. The zero-order valence-electron chi connectivity index (χ0n) is 15.1. The molecule has 2 aromatic carbocycles. The summed E-state index contributed by atoms with van der Waals surface area (Å²) in [6.45, 7) is 0. The lowest BCUT2D eigenvalue weighted by Crippen LogP contribution is -2.29. The van der Waals surface area contributed by atoms with E-state index in [1.54, 1.807) is 18.2 Å². The summed E-state index contributed by atoms with van der Waals surface area (Å²) < 4.78 is 2.00. The first kappa shape index (κ1) is 16.9. The van der Waals surface area contributed by atoms with Crippen molar-refractivity contribution < 1.29 is 19.5 Å². The highest BCUT2D eigenvalue weighted by Gasteiger charge is 2.37. The molecular formula is C23H14N2O4. The Balaban J connectivity index is 1.56. The van der Waals surface area contributed by atoms with Crippen molar-refractivity contribution in [2.75, 3.05) is 4.90 Å². The number of benzene rings is 2. The molecule has 0 saturated heterocycles. The summed E-state index contributed by atoms with van der Waals surface area (Å²) in [6.07, 6.45) is 3.93. The molecule has 1 aliphatic rings. The zero-order chi connectivity index (χ0) is 20.1. The third kappa shape index (κ3) is 2.62. The molecule has 2 amide bonds. The number of anilines is 1. The Labute approximate surface area is 165 Å². The smallest absolute Gasteiger partial charge is 0.335 e. The molecule has 0 aliphatic carbocycles. The lowest BCUT2D eigenvalue weighted by atomic mass is 10.1. The monoisotopic (exact) mass is 382 g/mol. The molecule has 140 valence electrons. The Morgan fingerprint density at radius 2 is 1.62 bits per heavy atom. The van der Waals surface area contributed by atoms with Crippen molar-refractivity contribution in [3.05, 3.63) is 95.8 Å². The van der Waals surface area contributed by atoms with Crippen molar-refractivity contribution in [1.29, 1.82) is 0 Å². The summed E-state index contributed by atoms with van der Waals surface area (Å²) in [7, 11) is 0. The number of carbonyl (C=O) groups is 3. The van der Waals surface area contributed by atoms with Gasteiger partial charge in [0.15, 0.2) is 0 Å². The quantitative estimate of drug-likeness (QED) is 0.541. The van der Waals surface area contributed by atoms with Crippen LogP contribution in [0.25, 0.3) is 16.6 Å². The third-order valence-corrected chi connectivity index (χ3v) is 5.08. The van der Waals surface area contributed by atoms with E-state index in [1.807, 2.05) is 47.1 Å². The van der Waals surface area contributed by atoms with Crippen LogP contribution in [-0.4, -0.2) is 27.3 Å². The molecule has 0 fully saturated rings. The van der Waals surface area contributed by atoms with Crippen LogP contribution in [0.2, 0.25) is 0 Å². The van der Waals surface area contributed by atoms with E-state index in [1.165, 1.54) is 18.2 Å². The molecule has 4 aromatic rings. The van der Waals surface area contributed by atoms with E-state index in [9.17, 15) is 14.4 Å². The second kappa shape index (κ2) is 6.17. The molecule has 2 aromatic heterocycles. The Morgan fingerprint density at radius 1 is 0.793 bits per heavy atom. The van der Waals surface area contributed by atoms with Gasteiger partial charge in [-0.1, -0.05) is 18.2 Å². The van der Waals surface area contributed by atoms with Gasteiger partial charge < -0.3 is 9.51 Å². The standard InChI is InChI=1S/C23H14N2O4/c26-21-19-8-7-15(23(28)29)12-20(19)22(27)25(21)18-6-3-4-14(10-18)16-11-17-5-1-2-9-24(17)13-16/h1-13H,(H,28,29). The second-order valence-electron chi connectivity index (χ2n) is 6.82. The lowest BCUT2D eigenvalue weighted by molar-refractivity contribution is 0.0696. The number of fused-ring (bicyclic) bond motifs is 2. The Hall–Kier alpha value is -4.19. The zero-order valence-corrected chi connectivity index (χ0v) is 15.1. The highest BCUT2D eigenvalue weighted by molar-refractivity contribution is 6.34. The Bertz CT molecular complexity index is 1300. The van der Waals surface area contributed by atoms with Crippen LogP contribution in [0.3, 0.4) is 0 Å². The lowest BCUT2D eigenvalue weighted by Gasteiger charge is -2.14. The molecule has 0 bridgehead atoms. The molecule has 1 N–H and O–H groups in total. The van der Waals surface area contributed by atoms with E-state index in [0.29, 0.717) is 5.69 Å². The summed E-state index contributed by atoms with van der Waals surface area (Å²) in [6, 6.07) is 19.1. The number of imide groups is 1. The molecule has 1 aliphatic heterocycles. The van der Waals surface area contributed by atoms with Crippen LogP contribution in [0.4, 0.5) is 5.69 Å². The maximum Gasteiger partial charge on any atom is 0.335 e. The van der Waals surface area contributed by atoms with Gasteiger partial charge in [0, 0.05) is 23.5 Å². The van der Waals surface area contributed by atoms with Gasteiger partial charge in [-0.15, -0.1) is 0 Å². The molecule has 0 unspecified atom stereocenters. The van der Waals surface area contributed by atoms with Gasteiger partial charge in [0.2, 0.25) is 0 Å². The molecule has 0 spiro atoms. The van der Waals surface area contributed by atoms with Gasteiger partial charge in [-0.05, 0) is 54.1 Å². The molecule has 0 atom stereocenters. The van der Waals surface area contributed by atoms with Gasteiger partial charge in [-0.2, -0.15) is 0 Å². The number of hydrogen-bond donors (Lipinski definition) is 1. The minimum Gasteiger partial charge on any atom is -0.478 e. The van der Waals surface area contributed by atoms with Crippen LogP contribution in [0.5, 0.6) is 0 Å². The predicted octanol–water partition coefficient (Wildman–Crippen LogP) is 4.11. The maximum atomic E-state index is 12.9. The summed E-state index contributed by atoms with van der Waals surface area (Å²) in [5, 5.41) is 9.16. The van der Waals surface area contributed by atoms with E-state index in [-0.39, 0.29) is 16.7 Å². The number of nitrogens with zero attached hydrogens (tertiary/aromatic N) is 2. The fraction of sp³-hybridized carbons (Fsp3) is 0. The van der Waals surface area contributed by atoms with Crippen LogP contribution in [0.15, 0.2) is 79.1 Å². The number of aromatic nitrogens is 1. The summed E-state index contributed by atoms with van der Waals surface area (Å²) in [5.74, 6) is -2.12.